The SMILES string of the molecule is Br.O=S(=O)(O)O.[CaH2].[MgH2]. The van der Waals surface area contributed by atoms with Gasteiger partial charge >= 0.3 is 71.2 Å². The van der Waals surface area contributed by atoms with Crippen LogP contribution in [0.1, 0.15) is 0 Å². The summed E-state index contributed by atoms with van der Waals surface area (Å²) < 4.78 is 31.6. The molecule has 8 heteroatoms. The van der Waals surface area contributed by atoms with Crippen molar-refractivity contribution in [2.75, 3.05) is 0 Å². The molecule has 0 saturated heterocycles. The van der Waals surface area contributed by atoms with Gasteiger partial charge in [-0.2, -0.15) is 8.42 Å². The van der Waals surface area contributed by atoms with Gasteiger partial charge < -0.3 is 0 Å². The molecule has 0 heterocycles. The first kappa shape index (κ1) is 22.4. The summed E-state index contributed by atoms with van der Waals surface area (Å²) >= 11 is 0. The van der Waals surface area contributed by atoms with Crippen LogP contribution in [-0.2, 0) is 10.4 Å². The number of hydrogen-bond acceptors (Lipinski definition) is 2. The summed E-state index contributed by atoms with van der Waals surface area (Å²) in [5, 5.41) is 0. The zero-order valence-corrected chi connectivity index (χ0v) is 5.06. The zero-order valence-electron chi connectivity index (χ0n) is 2.53. The van der Waals surface area contributed by atoms with Crippen LogP contribution >= 0.6 is 17.0 Å². The Morgan fingerprint density at radius 1 is 1.12 bits per heavy atom. The maximum absolute atomic E-state index is 8.74. The molecule has 0 aromatic rings. The largest absolute Gasteiger partial charge is 0.316 e. The molecule has 0 bridgehead atoms. The van der Waals surface area contributed by atoms with Crippen LogP contribution in [0.3, 0.4) is 0 Å². The van der Waals surface area contributed by atoms with Gasteiger partial charge in [0.2, 0.25) is 0 Å². The second-order valence-corrected chi connectivity index (χ2v) is 1.34. The van der Waals surface area contributed by atoms with E-state index >= 15 is 0 Å². The van der Waals surface area contributed by atoms with Gasteiger partial charge in [-0.1, -0.05) is 0 Å². The van der Waals surface area contributed by atoms with Crippen LogP contribution in [-0.4, -0.2) is 78.3 Å². The maximum Gasteiger partial charge on any atom is 0.316 e. The van der Waals surface area contributed by atoms with E-state index in [4.69, 9.17) is 17.5 Å². The molecule has 0 aliphatic heterocycles. The van der Waals surface area contributed by atoms with Crippen molar-refractivity contribution < 1.29 is 17.5 Å². The third-order valence-corrected chi connectivity index (χ3v) is 0. The molecule has 0 rings (SSSR count). The fourth-order valence-electron chi connectivity index (χ4n) is 0. The third kappa shape index (κ3) is 80.7. The molecule has 4 nitrogen and oxygen atoms in total. The Balaban J connectivity index is -0.0000000267. The Morgan fingerprint density at radius 2 is 1.12 bits per heavy atom. The van der Waals surface area contributed by atoms with Crippen molar-refractivity contribution in [3.8, 4) is 0 Å². The Bertz CT molecular complexity index is 99.2. The summed E-state index contributed by atoms with van der Waals surface area (Å²) in [6.45, 7) is 0. The van der Waals surface area contributed by atoms with Gasteiger partial charge in [0.25, 0.3) is 0 Å². The van der Waals surface area contributed by atoms with E-state index in [1.807, 2.05) is 0 Å². The summed E-state index contributed by atoms with van der Waals surface area (Å²) in [7, 11) is -4.67. The first-order valence-corrected chi connectivity index (χ1v) is 2.10. The van der Waals surface area contributed by atoms with Gasteiger partial charge in [-0.05, 0) is 0 Å². The van der Waals surface area contributed by atoms with Crippen LogP contribution in [0.4, 0.5) is 0 Å². The fourth-order valence-corrected chi connectivity index (χ4v) is 0. The fraction of sp³-hybridized carbons (Fsp3) is 0. The van der Waals surface area contributed by atoms with Crippen LogP contribution in [0.2, 0.25) is 0 Å². The van der Waals surface area contributed by atoms with Crippen LogP contribution in [0.15, 0.2) is 0 Å². The van der Waals surface area contributed by atoms with E-state index in [9.17, 15) is 0 Å². The first-order chi connectivity index (χ1) is 2.00. The van der Waals surface area contributed by atoms with E-state index in [1.54, 1.807) is 0 Å². The number of hydrogen-bond donors (Lipinski definition) is 2. The van der Waals surface area contributed by atoms with Gasteiger partial charge in [0, 0.05) is 0 Å². The number of rotatable bonds is 0. The van der Waals surface area contributed by atoms with Crippen molar-refractivity contribution in [3.63, 3.8) is 0 Å². The number of halogens is 1. The maximum atomic E-state index is 8.74. The van der Waals surface area contributed by atoms with E-state index in [0.717, 1.165) is 0 Å². The average Bonchev–Trinajstić information content (AvgIpc) is 0.722. The monoisotopic (exact) mass is 246 g/mol. The van der Waals surface area contributed by atoms with E-state index in [0.29, 0.717) is 0 Å². The summed E-state index contributed by atoms with van der Waals surface area (Å²) in [5.41, 5.74) is 0. The van der Waals surface area contributed by atoms with Crippen molar-refractivity contribution >= 4 is 88.2 Å². The molecular weight excluding hydrogens is 240 g/mol. The molecule has 8 heavy (non-hydrogen) atoms. The predicted molar refractivity (Wildman–Crippen MR) is 41.6 cm³/mol. The smallest absolute Gasteiger partial charge is 0.316 e. The average molecular weight is 247 g/mol. The predicted octanol–water partition coefficient (Wildman–Crippen LogP) is -1.91. The normalized spacial score (nSPS) is 7.25. The molecule has 0 radical (unpaired) electrons. The molecule has 0 aromatic heterocycles. The van der Waals surface area contributed by atoms with Crippen molar-refractivity contribution in [1.29, 1.82) is 0 Å². The molecule has 0 fully saturated rings. The molecule has 0 aromatic carbocycles. The van der Waals surface area contributed by atoms with E-state index < -0.39 is 10.4 Å². The Labute approximate surface area is 104 Å². The molecule has 0 spiro atoms. The van der Waals surface area contributed by atoms with Gasteiger partial charge in [-0.15, -0.1) is 17.0 Å². The molecule has 0 atom stereocenters. The Kier molecular flexibility index (Phi) is 26.3. The summed E-state index contributed by atoms with van der Waals surface area (Å²) in [6.07, 6.45) is 0. The minimum atomic E-state index is -4.67. The summed E-state index contributed by atoms with van der Waals surface area (Å²) in [6, 6.07) is 0. The van der Waals surface area contributed by atoms with Gasteiger partial charge in [0.05, 0.1) is 0 Å². The van der Waals surface area contributed by atoms with Crippen LogP contribution in [0.25, 0.3) is 0 Å². The molecule has 0 unspecified atom stereocenters. The van der Waals surface area contributed by atoms with Gasteiger partial charge in [0.1, 0.15) is 0 Å². The second kappa shape index (κ2) is 9.38. The Morgan fingerprint density at radius 3 is 1.12 bits per heavy atom. The summed E-state index contributed by atoms with van der Waals surface area (Å²) in [4.78, 5) is 0. The quantitative estimate of drug-likeness (QED) is 0.387. The van der Waals surface area contributed by atoms with Gasteiger partial charge in [0.15, 0.2) is 0 Å². The molecule has 2 N–H and O–H groups in total. The minimum Gasteiger partial charge on any atom is 0.316 e. The minimum absolute atomic E-state index is 0. The zero-order chi connectivity index (χ0) is 4.50. The van der Waals surface area contributed by atoms with Crippen LogP contribution < -0.4 is 0 Å². The molecule has 0 amide bonds. The second-order valence-electron chi connectivity index (χ2n) is 0.448. The standard InChI is InChI=1S/BrH.Ca.Mg.H2O4S.4H/c;;;1-5(2,3)4;;;;/h1H;;;(H2,1,2,3,4);;;;. The van der Waals surface area contributed by atoms with Crippen LogP contribution in [0.5, 0.6) is 0 Å². The van der Waals surface area contributed by atoms with Gasteiger partial charge in [-0.25, -0.2) is 0 Å². The molecule has 0 aliphatic carbocycles. The molecule has 0 aliphatic rings. The van der Waals surface area contributed by atoms with Gasteiger partial charge in [-0.3, -0.25) is 9.11 Å². The Hall–Kier alpha value is 2.38. The van der Waals surface area contributed by atoms with E-state index in [1.165, 1.54) is 0 Å². The van der Waals surface area contributed by atoms with Crippen molar-refractivity contribution in [3.05, 3.63) is 0 Å². The molecule has 0 saturated carbocycles. The first-order valence-electron chi connectivity index (χ1n) is 0.698. The van der Waals surface area contributed by atoms with Crippen molar-refractivity contribution in [1.82, 2.24) is 0 Å². The molecule has 48 valence electrons. The topological polar surface area (TPSA) is 74.6 Å². The van der Waals surface area contributed by atoms with E-state index in [2.05, 4.69) is 0 Å². The summed E-state index contributed by atoms with van der Waals surface area (Å²) in [5.74, 6) is 0. The van der Waals surface area contributed by atoms with Crippen LogP contribution in [0, 0.1) is 0 Å². The third-order valence-electron chi connectivity index (χ3n) is 0. The molecular formula is H7BrCaMgO4S. The van der Waals surface area contributed by atoms with Crippen molar-refractivity contribution in [2.24, 2.45) is 0 Å². The van der Waals surface area contributed by atoms with E-state index in [-0.39, 0.29) is 77.8 Å². The van der Waals surface area contributed by atoms with Crippen molar-refractivity contribution in [2.45, 2.75) is 0 Å².